The molecule has 0 spiro atoms. The van der Waals surface area contributed by atoms with E-state index in [-0.39, 0.29) is 5.91 Å². The molecule has 0 radical (unpaired) electrons. The fraction of sp³-hybridized carbons (Fsp3) is 0. The monoisotopic (exact) mass is 336 g/mol. The van der Waals surface area contributed by atoms with E-state index in [1.807, 2.05) is 6.07 Å². The number of primary amides is 1. The Bertz CT molecular complexity index is 833. The van der Waals surface area contributed by atoms with Gasteiger partial charge >= 0.3 is 6.03 Å². The molecule has 126 valence electrons. The van der Waals surface area contributed by atoms with Gasteiger partial charge in [0.1, 0.15) is 0 Å². The van der Waals surface area contributed by atoms with Crippen molar-refractivity contribution in [3.8, 4) is 5.75 Å². The number of amides is 3. The van der Waals surface area contributed by atoms with Crippen LogP contribution in [0, 0.1) is 0 Å². The van der Waals surface area contributed by atoms with Crippen molar-refractivity contribution in [2.75, 3.05) is 5.32 Å². The molecule has 0 fully saturated rings. The number of anilines is 1. The van der Waals surface area contributed by atoms with Crippen LogP contribution in [0.15, 0.2) is 79.1 Å². The maximum absolute atomic E-state index is 12.7. The van der Waals surface area contributed by atoms with Gasteiger partial charge in [0.15, 0.2) is 5.75 Å². The number of rotatable bonds is 4. The number of allylic oxidation sites excluding steroid dienone is 2. The van der Waals surface area contributed by atoms with Gasteiger partial charge in [-0.2, -0.15) is 5.01 Å². The second kappa shape index (κ2) is 7.22. The average molecular weight is 336 g/mol. The van der Waals surface area contributed by atoms with Crippen LogP contribution in [0.2, 0.25) is 0 Å². The molecule has 0 aliphatic carbocycles. The lowest BCUT2D eigenvalue weighted by molar-refractivity contribution is -0.132. The second-order valence-electron chi connectivity index (χ2n) is 5.08. The first-order valence-electron chi connectivity index (χ1n) is 7.51. The molecule has 3 amide bonds. The van der Waals surface area contributed by atoms with Gasteiger partial charge in [0.2, 0.25) is 0 Å². The van der Waals surface area contributed by atoms with Crippen molar-refractivity contribution < 1.29 is 14.4 Å². The summed E-state index contributed by atoms with van der Waals surface area (Å²) in [6.07, 6.45) is 6.61. The van der Waals surface area contributed by atoms with E-state index in [2.05, 4.69) is 5.32 Å². The molecule has 0 aromatic heterocycles. The van der Waals surface area contributed by atoms with E-state index in [0.29, 0.717) is 17.0 Å². The van der Waals surface area contributed by atoms with E-state index in [9.17, 15) is 9.59 Å². The summed E-state index contributed by atoms with van der Waals surface area (Å²) in [7, 11) is 0. The van der Waals surface area contributed by atoms with Crippen LogP contribution in [-0.4, -0.2) is 22.1 Å². The second-order valence-corrected chi connectivity index (χ2v) is 5.08. The van der Waals surface area contributed by atoms with Crippen LogP contribution in [0.5, 0.6) is 5.75 Å². The lowest BCUT2D eigenvalue weighted by Crippen LogP contribution is -2.42. The Labute approximate surface area is 144 Å². The number of carbonyl (C=O) groups excluding carboxylic acids is 2. The maximum atomic E-state index is 12.7. The fourth-order valence-corrected chi connectivity index (χ4v) is 2.22. The lowest BCUT2D eigenvalue weighted by Gasteiger charge is -2.32. The maximum Gasteiger partial charge on any atom is 0.316 e. The van der Waals surface area contributed by atoms with Crippen LogP contribution >= 0.6 is 0 Å². The Morgan fingerprint density at radius 3 is 2.36 bits per heavy atom. The van der Waals surface area contributed by atoms with Crippen molar-refractivity contribution in [2.45, 2.75) is 0 Å². The number of hydrazine groups is 1. The van der Waals surface area contributed by atoms with Gasteiger partial charge in [-0.3, -0.25) is 4.79 Å². The van der Waals surface area contributed by atoms with Crippen molar-refractivity contribution in [3.63, 3.8) is 0 Å². The largest absolute Gasteiger partial charge is 0.357 e. The minimum Gasteiger partial charge on any atom is -0.357 e. The molecular formula is C18H16N4O3. The van der Waals surface area contributed by atoms with E-state index in [4.69, 9.17) is 10.6 Å². The highest BCUT2D eigenvalue weighted by Crippen LogP contribution is 2.26. The normalized spacial score (nSPS) is 12.8. The summed E-state index contributed by atoms with van der Waals surface area (Å²) in [5.74, 6) is 0.0775. The highest BCUT2D eigenvalue weighted by atomic mass is 16.7. The molecule has 7 heteroatoms. The van der Waals surface area contributed by atoms with Gasteiger partial charge in [0.25, 0.3) is 5.91 Å². The number of hydrogen-bond acceptors (Lipinski definition) is 4. The molecule has 0 atom stereocenters. The molecule has 3 rings (SSSR count). The standard InChI is InChI=1S/C18H16N4O3/c19-18(24)20-15-10-4-5-11-16(15)25-22-13-7-6-12-21(22)17(23)14-8-2-1-3-9-14/h1-13H,(H3,19,20,24). The molecule has 2 aromatic carbocycles. The van der Waals surface area contributed by atoms with Gasteiger partial charge in [-0.15, -0.1) is 5.17 Å². The molecule has 1 aliphatic rings. The molecule has 7 nitrogen and oxygen atoms in total. The van der Waals surface area contributed by atoms with Gasteiger partial charge in [-0.05, 0) is 36.4 Å². The molecule has 0 unspecified atom stereocenters. The van der Waals surface area contributed by atoms with Crippen LogP contribution in [0.4, 0.5) is 10.5 Å². The summed E-state index contributed by atoms with van der Waals surface area (Å²) in [5, 5.41) is 5.07. The lowest BCUT2D eigenvalue weighted by atomic mass is 10.2. The molecule has 0 saturated carbocycles. The number of carbonyl (C=O) groups is 2. The Hall–Kier alpha value is -3.74. The Kier molecular flexibility index (Phi) is 4.66. The van der Waals surface area contributed by atoms with Crippen LogP contribution < -0.4 is 15.9 Å². The van der Waals surface area contributed by atoms with E-state index in [0.717, 1.165) is 0 Å². The zero-order valence-electron chi connectivity index (χ0n) is 13.2. The van der Waals surface area contributed by atoms with Crippen molar-refractivity contribution in [1.82, 2.24) is 10.2 Å². The van der Waals surface area contributed by atoms with Crippen LogP contribution in [-0.2, 0) is 0 Å². The summed E-state index contributed by atoms with van der Waals surface area (Å²) in [6, 6.07) is 14.9. The molecule has 2 aromatic rings. The molecule has 3 N–H and O–H groups in total. The smallest absolute Gasteiger partial charge is 0.316 e. The van der Waals surface area contributed by atoms with E-state index in [1.165, 1.54) is 10.2 Å². The summed E-state index contributed by atoms with van der Waals surface area (Å²) < 4.78 is 0. The molecule has 25 heavy (non-hydrogen) atoms. The molecule has 1 aliphatic heterocycles. The minimum absolute atomic E-state index is 0.262. The average Bonchev–Trinajstić information content (AvgIpc) is 2.63. The summed E-state index contributed by atoms with van der Waals surface area (Å²) in [5.41, 5.74) is 6.08. The Morgan fingerprint density at radius 2 is 1.60 bits per heavy atom. The first kappa shape index (κ1) is 16.1. The number of urea groups is 1. The third-order valence-corrected chi connectivity index (χ3v) is 3.33. The Morgan fingerprint density at radius 1 is 0.920 bits per heavy atom. The van der Waals surface area contributed by atoms with E-state index in [1.54, 1.807) is 73.1 Å². The predicted octanol–water partition coefficient (Wildman–Crippen LogP) is 2.87. The highest BCUT2D eigenvalue weighted by molar-refractivity contribution is 5.94. The zero-order chi connectivity index (χ0) is 17.6. The van der Waals surface area contributed by atoms with E-state index >= 15 is 0 Å². The van der Waals surface area contributed by atoms with Gasteiger partial charge in [0.05, 0.1) is 11.9 Å². The fourth-order valence-electron chi connectivity index (χ4n) is 2.22. The third-order valence-electron chi connectivity index (χ3n) is 3.33. The van der Waals surface area contributed by atoms with Crippen LogP contribution in [0.25, 0.3) is 0 Å². The van der Waals surface area contributed by atoms with Crippen LogP contribution in [0.1, 0.15) is 10.4 Å². The third kappa shape index (κ3) is 3.78. The predicted molar refractivity (Wildman–Crippen MR) is 93.0 cm³/mol. The molecular weight excluding hydrogens is 320 g/mol. The topological polar surface area (TPSA) is 87.9 Å². The minimum atomic E-state index is -0.706. The van der Waals surface area contributed by atoms with Gasteiger partial charge in [-0.1, -0.05) is 30.3 Å². The van der Waals surface area contributed by atoms with Gasteiger partial charge in [-0.25, -0.2) is 4.79 Å². The summed E-state index contributed by atoms with van der Waals surface area (Å²) in [6.45, 7) is 0. The van der Waals surface area contributed by atoms with Gasteiger partial charge in [0, 0.05) is 11.8 Å². The van der Waals surface area contributed by atoms with E-state index < -0.39 is 6.03 Å². The highest BCUT2D eigenvalue weighted by Gasteiger charge is 2.22. The number of nitrogens with two attached hydrogens (primary N) is 1. The van der Waals surface area contributed by atoms with Crippen LogP contribution in [0.3, 0.4) is 0 Å². The number of nitrogens with zero attached hydrogens (tertiary/aromatic N) is 2. The molecule has 0 saturated heterocycles. The Balaban J connectivity index is 1.84. The molecule has 1 heterocycles. The number of nitrogens with one attached hydrogen (secondary N) is 1. The molecule has 0 bridgehead atoms. The summed E-state index contributed by atoms with van der Waals surface area (Å²) in [4.78, 5) is 29.6. The number of para-hydroxylation sites is 2. The first-order chi connectivity index (χ1) is 12.1. The zero-order valence-corrected chi connectivity index (χ0v) is 13.2. The van der Waals surface area contributed by atoms with Crippen molar-refractivity contribution in [1.29, 1.82) is 0 Å². The first-order valence-corrected chi connectivity index (χ1v) is 7.51. The SMILES string of the molecule is NC(=O)Nc1ccccc1ON1C=CC=CN1C(=O)c1ccccc1. The summed E-state index contributed by atoms with van der Waals surface area (Å²) >= 11 is 0. The van der Waals surface area contributed by atoms with Crippen molar-refractivity contribution in [2.24, 2.45) is 5.73 Å². The van der Waals surface area contributed by atoms with Gasteiger partial charge < -0.3 is 15.9 Å². The number of hydroxylamine groups is 1. The van der Waals surface area contributed by atoms with Crippen molar-refractivity contribution in [3.05, 3.63) is 84.7 Å². The number of hydrogen-bond donors (Lipinski definition) is 2. The number of benzene rings is 2. The quantitative estimate of drug-likeness (QED) is 0.898. The van der Waals surface area contributed by atoms with Crippen molar-refractivity contribution >= 4 is 17.6 Å².